The standard InChI is InChI=1S/C22H19BrN4O3S/c23-16-8-10-17(11-9-16)27-31(29,30)18-5-3-4-15(14-18)22(28)24-13-12-21-25-19-6-1-2-7-20(19)26-21/h1-11,14,27H,12-13H2,(H,24,28)(H,25,26). The van der Waals surface area contributed by atoms with E-state index in [0.29, 0.717) is 18.7 Å². The summed E-state index contributed by atoms with van der Waals surface area (Å²) >= 11 is 3.31. The van der Waals surface area contributed by atoms with E-state index in [1.807, 2.05) is 24.3 Å². The van der Waals surface area contributed by atoms with Crippen molar-refractivity contribution in [3.63, 3.8) is 0 Å². The zero-order valence-corrected chi connectivity index (χ0v) is 18.7. The van der Waals surface area contributed by atoms with Crippen LogP contribution in [0.25, 0.3) is 11.0 Å². The summed E-state index contributed by atoms with van der Waals surface area (Å²) in [6.45, 7) is 0.368. The molecule has 9 heteroatoms. The number of para-hydroxylation sites is 2. The Morgan fingerprint density at radius 1 is 1.00 bits per heavy atom. The average Bonchev–Trinajstić information content (AvgIpc) is 3.18. The summed E-state index contributed by atoms with van der Waals surface area (Å²) in [7, 11) is -3.82. The van der Waals surface area contributed by atoms with Gasteiger partial charge in [-0.25, -0.2) is 13.4 Å². The van der Waals surface area contributed by atoms with E-state index in [1.165, 1.54) is 12.1 Å². The third-order valence-corrected chi connectivity index (χ3v) is 6.50. The van der Waals surface area contributed by atoms with Gasteiger partial charge in [0.15, 0.2) is 0 Å². The molecule has 0 fully saturated rings. The Morgan fingerprint density at radius 3 is 2.55 bits per heavy atom. The van der Waals surface area contributed by atoms with Crippen molar-refractivity contribution in [1.29, 1.82) is 0 Å². The molecule has 4 aromatic rings. The number of nitrogens with zero attached hydrogens (tertiary/aromatic N) is 1. The normalized spacial score (nSPS) is 11.4. The van der Waals surface area contributed by atoms with Gasteiger partial charge in [-0.05, 0) is 54.6 Å². The van der Waals surface area contributed by atoms with Gasteiger partial charge in [-0.1, -0.05) is 34.1 Å². The fourth-order valence-corrected chi connectivity index (χ4v) is 4.43. The molecule has 4 rings (SSSR count). The first-order valence-electron chi connectivity index (χ1n) is 9.51. The van der Waals surface area contributed by atoms with E-state index in [0.717, 1.165) is 21.3 Å². The molecule has 0 bridgehead atoms. The second kappa shape index (κ2) is 8.91. The molecule has 0 atom stereocenters. The molecular weight excluding hydrogens is 480 g/mol. The molecule has 7 nitrogen and oxygen atoms in total. The van der Waals surface area contributed by atoms with Crippen molar-refractivity contribution in [3.05, 3.63) is 88.7 Å². The summed E-state index contributed by atoms with van der Waals surface area (Å²) in [5, 5.41) is 2.81. The average molecular weight is 499 g/mol. The van der Waals surface area contributed by atoms with Crippen molar-refractivity contribution in [3.8, 4) is 0 Å². The van der Waals surface area contributed by atoms with Crippen LogP contribution in [0.4, 0.5) is 5.69 Å². The predicted molar refractivity (Wildman–Crippen MR) is 124 cm³/mol. The van der Waals surface area contributed by atoms with Crippen LogP contribution in [-0.4, -0.2) is 30.8 Å². The Labute approximate surface area is 188 Å². The first-order chi connectivity index (χ1) is 14.9. The number of fused-ring (bicyclic) bond motifs is 1. The Kier molecular flexibility index (Phi) is 6.06. The molecule has 0 spiro atoms. The lowest BCUT2D eigenvalue weighted by molar-refractivity contribution is 0.0954. The van der Waals surface area contributed by atoms with Crippen molar-refractivity contribution >= 4 is 48.6 Å². The molecule has 0 saturated carbocycles. The van der Waals surface area contributed by atoms with Gasteiger partial charge in [-0.2, -0.15) is 0 Å². The zero-order chi connectivity index (χ0) is 21.8. The summed E-state index contributed by atoms with van der Waals surface area (Å²) in [6, 6.07) is 20.4. The maximum absolute atomic E-state index is 12.7. The highest BCUT2D eigenvalue weighted by Crippen LogP contribution is 2.19. The maximum Gasteiger partial charge on any atom is 0.261 e. The molecule has 1 heterocycles. The molecule has 0 aliphatic heterocycles. The lowest BCUT2D eigenvalue weighted by Crippen LogP contribution is -2.26. The summed E-state index contributed by atoms with van der Waals surface area (Å²) in [5.74, 6) is 0.424. The van der Waals surface area contributed by atoms with E-state index in [-0.39, 0.29) is 16.4 Å². The van der Waals surface area contributed by atoms with Crippen molar-refractivity contribution in [2.75, 3.05) is 11.3 Å². The van der Waals surface area contributed by atoms with Crippen LogP contribution < -0.4 is 10.0 Å². The number of rotatable bonds is 7. The molecule has 0 radical (unpaired) electrons. The molecule has 0 unspecified atom stereocenters. The van der Waals surface area contributed by atoms with Crippen LogP contribution in [0.1, 0.15) is 16.2 Å². The maximum atomic E-state index is 12.7. The highest BCUT2D eigenvalue weighted by Gasteiger charge is 2.16. The third-order valence-electron chi connectivity index (χ3n) is 4.59. The summed E-state index contributed by atoms with van der Waals surface area (Å²) in [4.78, 5) is 20.2. The molecule has 0 aliphatic carbocycles. The zero-order valence-electron chi connectivity index (χ0n) is 16.3. The largest absolute Gasteiger partial charge is 0.352 e. The number of H-pyrrole nitrogens is 1. The molecule has 31 heavy (non-hydrogen) atoms. The van der Waals surface area contributed by atoms with Crippen molar-refractivity contribution in [1.82, 2.24) is 15.3 Å². The van der Waals surface area contributed by atoms with Crippen LogP contribution in [0.2, 0.25) is 0 Å². The van der Waals surface area contributed by atoms with Gasteiger partial charge in [-0.15, -0.1) is 0 Å². The summed E-state index contributed by atoms with van der Waals surface area (Å²) < 4.78 is 28.7. The molecule has 3 N–H and O–H groups in total. The summed E-state index contributed by atoms with van der Waals surface area (Å²) in [5.41, 5.74) is 2.52. The number of nitrogens with one attached hydrogen (secondary N) is 3. The summed E-state index contributed by atoms with van der Waals surface area (Å²) in [6.07, 6.45) is 0.531. The number of sulfonamides is 1. The molecular formula is C22H19BrN4O3S. The molecule has 158 valence electrons. The number of halogens is 1. The number of aromatic nitrogens is 2. The number of benzene rings is 3. The van der Waals surface area contributed by atoms with Crippen LogP contribution in [-0.2, 0) is 16.4 Å². The number of hydrogen-bond donors (Lipinski definition) is 3. The van der Waals surface area contributed by atoms with E-state index >= 15 is 0 Å². The van der Waals surface area contributed by atoms with Crippen LogP contribution >= 0.6 is 15.9 Å². The Bertz CT molecular complexity index is 1300. The fourth-order valence-electron chi connectivity index (χ4n) is 3.06. The van der Waals surface area contributed by atoms with E-state index in [4.69, 9.17) is 0 Å². The smallest absolute Gasteiger partial charge is 0.261 e. The van der Waals surface area contributed by atoms with Gasteiger partial charge >= 0.3 is 0 Å². The molecule has 0 aliphatic rings. The van der Waals surface area contributed by atoms with Crippen molar-refractivity contribution in [2.45, 2.75) is 11.3 Å². The topological polar surface area (TPSA) is 104 Å². The molecule has 0 saturated heterocycles. The highest BCUT2D eigenvalue weighted by molar-refractivity contribution is 9.10. The van der Waals surface area contributed by atoms with Crippen LogP contribution in [0.15, 0.2) is 82.2 Å². The SMILES string of the molecule is O=C(NCCc1nc2ccccc2[nH]1)c1cccc(S(=O)(=O)Nc2ccc(Br)cc2)c1. The Morgan fingerprint density at radius 2 is 1.77 bits per heavy atom. The number of aromatic amines is 1. The van der Waals surface area contributed by atoms with Gasteiger partial charge in [0.2, 0.25) is 0 Å². The van der Waals surface area contributed by atoms with E-state index in [1.54, 1.807) is 36.4 Å². The van der Waals surface area contributed by atoms with Crippen LogP contribution in [0.5, 0.6) is 0 Å². The second-order valence-electron chi connectivity index (χ2n) is 6.85. The van der Waals surface area contributed by atoms with Gasteiger partial charge < -0.3 is 10.3 Å². The lowest BCUT2D eigenvalue weighted by atomic mass is 10.2. The van der Waals surface area contributed by atoms with Gasteiger partial charge in [0.1, 0.15) is 5.82 Å². The van der Waals surface area contributed by atoms with E-state index in [2.05, 4.69) is 35.9 Å². The van der Waals surface area contributed by atoms with Crippen LogP contribution in [0.3, 0.4) is 0 Å². The quantitative estimate of drug-likeness (QED) is 0.356. The van der Waals surface area contributed by atoms with Crippen molar-refractivity contribution < 1.29 is 13.2 Å². The first kappa shape index (κ1) is 21.1. The number of hydrogen-bond acceptors (Lipinski definition) is 4. The van der Waals surface area contributed by atoms with Gasteiger partial charge in [-0.3, -0.25) is 9.52 Å². The third kappa shape index (κ3) is 5.12. The number of imidazole rings is 1. The minimum atomic E-state index is -3.82. The minimum absolute atomic E-state index is 0.0142. The first-order valence-corrected chi connectivity index (χ1v) is 11.8. The van der Waals surface area contributed by atoms with Crippen molar-refractivity contribution in [2.24, 2.45) is 0 Å². The molecule has 1 amide bonds. The minimum Gasteiger partial charge on any atom is -0.352 e. The number of carbonyl (C=O) groups excluding carboxylic acids is 1. The van der Waals surface area contributed by atoms with E-state index < -0.39 is 10.0 Å². The van der Waals surface area contributed by atoms with Crippen LogP contribution in [0, 0.1) is 0 Å². The highest BCUT2D eigenvalue weighted by atomic mass is 79.9. The Hall–Kier alpha value is -3.17. The molecule has 1 aromatic heterocycles. The lowest BCUT2D eigenvalue weighted by Gasteiger charge is -2.10. The van der Waals surface area contributed by atoms with Gasteiger partial charge in [0.05, 0.1) is 15.9 Å². The van der Waals surface area contributed by atoms with E-state index in [9.17, 15) is 13.2 Å². The predicted octanol–water partition coefficient (Wildman–Crippen LogP) is 4.10. The fraction of sp³-hybridized carbons (Fsp3) is 0.0909. The van der Waals surface area contributed by atoms with Gasteiger partial charge in [0.25, 0.3) is 15.9 Å². The second-order valence-corrected chi connectivity index (χ2v) is 9.44. The number of carbonyl (C=O) groups is 1. The van der Waals surface area contributed by atoms with Gasteiger partial charge in [0, 0.05) is 28.7 Å². The molecule has 3 aromatic carbocycles. The number of amides is 1. The number of anilines is 1. The Balaban J connectivity index is 1.40. The monoisotopic (exact) mass is 498 g/mol.